The summed E-state index contributed by atoms with van der Waals surface area (Å²) in [5.74, 6) is 0. The molecule has 0 saturated heterocycles. The van der Waals surface area contributed by atoms with Crippen LogP contribution in [0.15, 0.2) is 30.6 Å². The molecule has 0 amide bonds. The molecule has 2 rings (SSSR count). The van der Waals surface area contributed by atoms with Crippen molar-refractivity contribution in [3.63, 3.8) is 0 Å². The van der Waals surface area contributed by atoms with Crippen LogP contribution < -0.4 is 0 Å². The molecule has 76 valence electrons. The molecule has 0 N–H and O–H groups in total. The van der Waals surface area contributed by atoms with Crippen LogP contribution in [0.4, 0.5) is 0 Å². The molecule has 5 heteroatoms. The average molecular weight is 260 g/mol. The van der Waals surface area contributed by atoms with Gasteiger partial charge in [0.05, 0.1) is 5.56 Å². The highest BCUT2D eigenvalue weighted by Crippen LogP contribution is 2.35. The molecule has 0 unspecified atom stereocenters. The summed E-state index contributed by atoms with van der Waals surface area (Å²) >= 11 is 17.9. The molecule has 2 aromatic rings. The Hall–Kier alpha value is -0.830. The molecule has 2 nitrogen and oxygen atoms in total. The Bertz CT molecular complexity index is 480. The Morgan fingerprint density at radius 1 is 0.867 bits per heavy atom. The Balaban J connectivity index is 2.69. The maximum atomic E-state index is 6.03. The van der Waals surface area contributed by atoms with Crippen LogP contribution in [0.5, 0.6) is 0 Å². The van der Waals surface area contributed by atoms with Gasteiger partial charge in [0.1, 0.15) is 16.6 Å². The third-order valence-electron chi connectivity index (χ3n) is 1.90. The van der Waals surface area contributed by atoms with E-state index in [2.05, 4.69) is 9.97 Å². The molecule has 0 spiro atoms. The fourth-order valence-corrected chi connectivity index (χ4v) is 1.98. The third kappa shape index (κ3) is 2.07. The topological polar surface area (TPSA) is 25.8 Å². The van der Waals surface area contributed by atoms with Crippen molar-refractivity contribution < 1.29 is 0 Å². The summed E-state index contributed by atoms with van der Waals surface area (Å²) in [5, 5.41) is 1.15. The van der Waals surface area contributed by atoms with Gasteiger partial charge < -0.3 is 0 Å². The van der Waals surface area contributed by atoms with Crippen LogP contribution >= 0.6 is 34.8 Å². The van der Waals surface area contributed by atoms with Gasteiger partial charge in [-0.3, -0.25) is 0 Å². The van der Waals surface area contributed by atoms with E-state index in [-0.39, 0.29) is 0 Å². The molecule has 1 heterocycles. The highest BCUT2D eigenvalue weighted by Gasteiger charge is 2.12. The quantitative estimate of drug-likeness (QED) is 0.721. The molecule has 0 aliphatic heterocycles. The monoisotopic (exact) mass is 258 g/mol. The predicted octanol–water partition coefficient (Wildman–Crippen LogP) is 4.10. The third-order valence-corrected chi connectivity index (χ3v) is 2.80. The molecule has 0 saturated carbocycles. The minimum atomic E-state index is 0.295. The molecule has 1 aromatic carbocycles. The van der Waals surface area contributed by atoms with Crippen molar-refractivity contribution in [1.82, 2.24) is 9.97 Å². The number of halogens is 3. The number of benzene rings is 1. The largest absolute Gasteiger partial charge is 0.224 e. The number of hydrogen-bond acceptors (Lipinski definition) is 2. The lowest BCUT2D eigenvalue weighted by Gasteiger charge is -2.06. The van der Waals surface area contributed by atoms with Crippen molar-refractivity contribution in [1.29, 1.82) is 0 Å². The summed E-state index contributed by atoms with van der Waals surface area (Å²) in [6.07, 6.45) is 1.31. The summed E-state index contributed by atoms with van der Waals surface area (Å²) in [5.41, 5.74) is 1.29. The lowest BCUT2D eigenvalue weighted by Crippen LogP contribution is -1.88. The SMILES string of the molecule is Clc1ccccc1-c1c(Cl)ncnc1Cl. The highest BCUT2D eigenvalue weighted by atomic mass is 35.5. The van der Waals surface area contributed by atoms with Crippen molar-refractivity contribution in [2.45, 2.75) is 0 Å². The number of rotatable bonds is 1. The van der Waals surface area contributed by atoms with Crippen molar-refractivity contribution in [3.8, 4) is 11.1 Å². The summed E-state index contributed by atoms with van der Waals surface area (Å²) in [7, 11) is 0. The zero-order valence-corrected chi connectivity index (χ0v) is 9.68. The molecular formula is C10H5Cl3N2. The van der Waals surface area contributed by atoms with E-state index >= 15 is 0 Å². The van der Waals surface area contributed by atoms with E-state index in [9.17, 15) is 0 Å². The van der Waals surface area contributed by atoms with Crippen LogP contribution in [0.1, 0.15) is 0 Å². The van der Waals surface area contributed by atoms with E-state index in [0.717, 1.165) is 5.56 Å². The first-order valence-corrected chi connectivity index (χ1v) is 5.24. The van der Waals surface area contributed by atoms with E-state index in [0.29, 0.717) is 20.9 Å². The van der Waals surface area contributed by atoms with Crippen LogP contribution in [0.3, 0.4) is 0 Å². The van der Waals surface area contributed by atoms with Crippen LogP contribution in [0.2, 0.25) is 15.3 Å². The lowest BCUT2D eigenvalue weighted by molar-refractivity contribution is 1.17. The summed E-state index contributed by atoms with van der Waals surface area (Å²) in [4.78, 5) is 7.74. The molecule has 15 heavy (non-hydrogen) atoms. The van der Waals surface area contributed by atoms with E-state index in [1.807, 2.05) is 18.2 Å². The first-order chi connectivity index (χ1) is 7.20. The first-order valence-electron chi connectivity index (χ1n) is 4.11. The summed E-state index contributed by atoms with van der Waals surface area (Å²) in [6, 6.07) is 7.26. The zero-order valence-electron chi connectivity index (χ0n) is 7.42. The second-order valence-corrected chi connectivity index (χ2v) is 3.93. The van der Waals surface area contributed by atoms with E-state index < -0.39 is 0 Å². The molecule has 0 radical (unpaired) electrons. The fourth-order valence-electron chi connectivity index (χ4n) is 1.23. The molecule has 0 aliphatic carbocycles. The van der Waals surface area contributed by atoms with Gasteiger partial charge in [0, 0.05) is 10.6 Å². The van der Waals surface area contributed by atoms with Gasteiger partial charge >= 0.3 is 0 Å². The highest BCUT2D eigenvalue weighted by molar-refractivity contribution is 6.39. The second kappa shape index (κ2) is 4.35. The van der Waals surface area contributed by atoms with Crippen LogP contribution in [-0.2, 0) is 0 Å². The Morgan fingerprint density at radius 3 is 2.07 bits per heavy atom. The molecule has 0 aliphatic rings. The smallest absolute Gasteiger partial charge is 0.141 e. The van der Waals surface area contributed by atoms with Gasteiger partial charge in [-0.1, -0.05) is 53.0 Å². The predicted molar refractivity (Wildman–Crippen MR) is 62.5 cm³/mol. The van der Waals surface area contributed by atoms with Crippen molar-refractivity contribution >= 4 is 34.8 Å². The van der Waals surface area contributed by atoms with Gasteiger partial charge in [0.2, 0.25) is 0 Å². The Morgan fingerprint density at radius 2 is 1.47 bits per heavy atom. The average Bonchev–Trinajstić information content (AvgIpc) is 2.20. The first kappa shape index (κ1) is 10.7. The lowest BCUT2D eigenvalue weighted by atomic mass is 10.1. The Labute approximate surface area is 102 Å². The number of nitrogens with zero attached hydrogens (tertiary/aromatic N) is 2. The molecule has 1 aromatic heterocycles. The fraction of sp³-hybridized carbons (Fsp3) is 0. The normalized spacial score (nSPS) is 10.3. The summed E-state index contributed by atoms with van der Waals surface area (Å²) < 4.78 is 0. The van der Waals surface area contributed by atoms with Gasteiger partial charge in [-0.05, 0) is 6.07 Å². The Kier molecular flexibility index (Phi) is 3.10. The molecule has 0 atom stereocenters. The molecule has 0 bridgehead atoms. The van der Waals surface area contributed by atoms with Crippen LogP contribution in [0.25, 0.3) is 11.1 Å². The van der Waals surface area contributed by atoms with Gasteiger partial charge in [-0.15, -0.1) is 0 Å². The van der Waals surface area contributed by atoms with Crippen molar-refractivity contribution in [2.24, 2.45) is 0 Å². The second-order valence-electron chi connectivity index (χ2n) is 2.81. The van der Waals surface area contributed by atoms with E-state index in [1.165, 1.54) is 6.33 Å². The van der Waals surface area contributed by atoms with Gasteiger partial charge in [0.15, 0.2) is 0 Å². The van der Waals surface area contributed by atoms with E-state index in [4.69, 9.17) is 34.8 Å². The van der Waals surface area contributed by atoms with Gasteiger partial charge in [0.25, 0.3) is 0 Å². The minimum Gasteiger partial charge on any atom is -0.224 e. The number of hydrogen-bond donors (Lipinski definition) is 0. The minimum absolute atomic E-state index is 0.295. The van der Waals surface area contributed by atoms with Crippen LogP contribution in [-0.4, -0.2) is 9.97 Å². The van der Waals surface area contributed by atoms with E-state index in [1.54, 1.807) is 6.07 Å². The number of aromatic nitrogens is 2. The van der Waals surface area contributed by atoms with Crippen LogP contribution in [0, 0.1) is 0 Å². The summed E-state index contributed by atoms with van der Waals surface area (Å²) in [6.45, 7) is 0. The van der Waals surface area contributed by atoms with Gasteiger partial charge in [-0.2, -0.15) is 0 Å². The molecular weight excluding hydrogens is 254 g/mol. The standard InChI is InChI=1S/C10H5Cl3N2/c11-7-4-2-1-3-6(7)8-9(12)14-5-15-10(8)13/h1-5H. The molecule has 0 fully saturated rings. The maximum Gasteiger partial charge on any atom is 0.141 e. The van der Waals surface area contributed by atoms with Gasteiger partial charge in [-0.25, -0.2) is 9.97 Å². The van der Waals surface area contributed by atoms with Crippen molar-refractivity contribution in [3.05, 3.63) is 45.9 Å². The maximum absolute atomic E-state index is 6.03. The van der Waals surface area contributed by atoms with Crippen molar-refractivity contribution in [2.75, 3.05) is 0 Å². The zero-order chi connectivity index (χ0) is 10.8.